The molecular weight excluding hydrogens is 236 g/mol. The van der Waals surface area contributed by atoms with E-state index in [1.54, 1.807) is 7.11 Å². The molecule has 0 spiro atoms. The Hall–Kier alpha value is -0.860. The highest BCUT2D eigenvalue weighted by atomic mass is 16.5. The first-order valence-corrected chi connectivity index (χ1v) is 6.86. The molecule has 0 heterocycles. The van der Waals surface area contributed by atoms with Crippen LogP contribution in [0, 0.1) is 0 Å². The van der Waals surface area contributed by atoms with Crippen molar-refractivity contribution in [1.29, 1.82) is 0 Å². The number of hydrogen-bond donors (Lipinski definition) is 1. The highest BCUT2D eigenvalue weighted by Gasteiger charge is 1.88. The van der Waals surface area contributed by atoms with Crippen LogP contribution in [0.5, 0.6) is 0 Å². The van der Waals surface area contributed by atoms with Gasteiger partial charge in [0.15, 0.2) is 0 Å². The third-order valence-corrected chi connectivity index (χ3v) is 2.41. The molecule has 0 saturated heterocycles. The van der Waals surface area contributed by atoms with Gasteiger partial charge in [0.25, 0.3) is 0 Å². The third-order valence-electron chi connectivity index (χ3n) is 2.41. The molecule has 1 aromatic carbocycles. The highest BCUT2D eigenvalue weighted by Crippen LogP contribution is 1.90. The summed E-state index contributed by atoms with van der Waals surface area (Å²) in [5.41, 5.74) is 0. The van der Waals surface area contributed by atoms with Gasteiger partial charge in [0.05, 0.1) is 6.10 Å². The molecule has 1 N–H and O–H groups in total. The van der Waals surface area contributed by atoms with Gasteiger partial charge in [0.2, 0.25) is 0 Å². The van der Waals surface area contributed by atoms with Crippen molar-refractivity contribution in [3.63, 3.8) is 0 Å². The lowest BCUT2D eigenvalue weighted by Gasteiger charge is -2.01. The van der Waals surface area contributed by atoms with Gasteiger partial charge in [-0.1, -0.05) is 70.5 Å². The van der Waals surface area contributed by atoms with Crippen molar-refractivity contribution >= 4 is 0 Å². The molecule has 0 aromatic heterocycles. The first-order chi connectivity index (χ1) is 8.72. The number of unbranched alkanes of at least 4 members (excludes halogenated alkanes) is 2. The maximum absolute atomic E-state index is 8.20. The lowest BCUT2D eigenvalue weighted by molar-refractivity contribution is 0.115. The maximum atomic E-state index is 8.20. The lowest BCUT2D eigenvalue weighted by Crippen LogP contribution is -2.00. The van der Waals surface area contributed by atoms with Crippen LogP contribution < -0.4 is 0 Å². The molecule has 0 amide bonds. The molecule has 0 fully saturated rings. The largest absolute Gasteiger partial charge is 0.396 e. The average Bonchev–Trinajstić information content (AvgIpc) is 2.47. The molecule has 19 heavy (non-hydrogen) atoms. The second kappa shape index (κ2) is 22.3. The van der Waals surface area contributed by atoms with Crippen molar-refractivity contribution in [2.45, 2.75) is 60.0 Å². The minimum absolute atomic E-state index is 0. The summed E-state index contributed by atoms with van der Waals surface area (Å²) in [5, 5.41) is 8.20. The van der Waals surface area contributed by atoms with E-state index in [0.29, 0.717) is 12.7 Å². The molecule has 0 aliphatic rings. The van der Waals surface area contributed by atoms with Crippen LogP contribution in [0.4, 0.5) is 0 Å². The third kappa shape index (κ3) is 26.7. The molecule has 0 radical (unpaired) electrons. The molecule has 1 unspecified atom stereocenters. The summed E-state index contributed by atoms with van der Waals surface area (Å²) in [5.74, 6) is 0. The predicted molar refractivity (Wildman–Crippen MR) is 86.5 cm³/mol. The summed E-state index contributed by atoms with van der Waals surface area (Å²) in [6, 6.07) is 12.0. The van der Waals surface area contributed by atoms with E-state index in [1.807, 2.05) is 36.4 Å². The van der Waals surface area contributed by atoms with E-state index in [2.05, 4.69) is 20.8 Å². The van der Waals surface area contributed by atoms with E-state index in [9.17, 15) is 0 Å². The Morgan fingerprint density at radius 1 is 0.947 bits per heavy atom. The number of aliphatic hydroxyl groups excluding tert-OH is 1. The van der Waals surface area contributed by atoms with Gasteiger partial charge in [0.1, 0.15) is 0 Å². The average molecular weight is 270 g/mol. The van der Waals surface area contributed by atoms with Gasteiger partial charge < -0.3 is 9.84 Å². The summed E-state index contributed by atoms with van der Waals surface area (Å²) in [7, 11) is 1.73. The first-order valence-electron chi connectivity index (χ1n) is 6.86. The minimum Gasteiger partial charge on any atom is -0.396 e. The quantitative estimate of drug-likeness (QED) is 0.769. The number of benzene rings is 1. The van der Waals surface area contributed by atoms with E-state index in [4.69, 9.17) is 9.84 Å². The highest BCUT2D eigenvalue weighted by molar-refractivity contribution is 4.99. The van der Waals surface area contributed by atoms with Crippen LogP contribution in [0.2, 0.25) is 0 Å². The predicted octanol–water partition coefficient (Wildman–Crippen LogP) is 4.92. The molecular formula is C17H34O2. The topological polar surface area (TPSA) is 29.5 Å². The number of rotatable bonds is 5. The van der Waals surface area contributed by atoms with Gasteiger partial charge in [-0.25, -0.2) is 0 Å². The van der Waals surface area contributed by atoms with E-state index in [1.165, 1.54) is 6.42 Å². The summed E-state index contributed by atoms with van der Waals surface area (Å²) >= 11 is 0. The molecule has 0 saturated carbocycles. The summed E-state index contributed by atoms with van der Waals surface area (Å²) in [4.78, 5) is 0. The standard InChI is InChI=1S/C6H6.2C5H12O.CH4/c1-2-4-6-5-3-1;1-4-5(2)6-3;1-2-3-4-5-6;/h1-6H;5H,4H2,1-3H3;6H,2-5H2,1H3;1H4. The number of aliphatic hydroxyl groups is 1. The number of ether oxygens (including phenoxy) is 1. The van der Waals surface area contributed by atoms with Crippen molar-refractivity contribution in [2.24, 2.45) is 0 Å². The van der Waals surface area contributed by atoms with Crippen LogP contribution in [0.15, 0.2) is 36.4 Å². The minimum atomic E-state index is 0. The first kappa shape index (κ1) is 23.2. The molecule has 0 bridgehead atoms. The molecule has 1 atom stereocenters. The normalized spacial score (nSPS) is 9.95. The molecule has 1 aromatic rings. The molecule has 1 rings (SSSR count). The molecule has 2 nitrogen and oxygen atoms in total. The van der Waals surface area contributed by atoms with Gasteiger partial charge in [-0.3, -0.25) is 0 Å². The van der Waals surface area contributed by atoms with Gasteiger partial charge in [-0.05, 0) is 19.8 Å². The van der Waals surface area contributed by atoms with E-state index < -0.39 is 0 Å². The zero-order valence-corrected chi connectivity index (χ0v) is 12.4. The second-order valence-corrected chi connectivity index (χ2v) is 4.04. The van der Waals surface area contributed by atoms with Crippen LogP contribution in [0.1, 0.15) is 53.9 Å². The Bertz CT molecular complexity index is 177. The van der Waals surface area contributed by atoms with Gasteiger partial charge in [0, 0.05) is 13.7 Å². The van der Waals surface area contributed by atoms with Crippen molar-refractivity contribution < 1.29 is 9.84 Å². The fourth-order valence-electron chi connectivity index (χ4n) is 0.913. The maximum Gasteiger partial charge on any atom is 0.0540 e. The zero-order valence-electron chi connectivity index (χ0n) is 12.4. The Morgan fingerprint density at radius 2 is 1.37 bits per heavy atom. The van der Waals surface area contributed by atoms with E-state index >= 15 is 0 Å². The van der Waals surface area contributed by atoms with Crippen LogP contribution in [0.25, 0.3) is 0 Å². The van der Waals surface area contributed by atoms with E-state index in [-0.39, 0.29) is 7.43 Å². The molecule has 2 heteroatoms. The smallest absolute Gasteiger partial charge is 0.0540 e. The van der Waals surface area contributed by atoms with Crippen molar-refractivity contribution in [1.82, 2.24) is 0 Å². The van der Waals surface area contributed by atoms with Crippen LogP contribution in [-0.2, 0) is 4.74 Å². The summed E-state index contributed by atoms with van der Waals surface area (Å²) in [6.45, 7) is 6.64. The van der Waals surface area contributed by atoms with Crippen LogP contribution in [-0.4, -0.2) is 24.9 Å². The van der Waals surface area contributed by atoms with Gasteiger partial charge in [-0.15, -0.1) is 0 Å². The van der Waals surface area contributed by atoms with E-state index in [0.717, 1.165) is 19.3 Å². The Morgan fingerprint density at radius 3 is 1.47 bits per heavy atom. The molecule has 0 aliphatic heterocycles. The van der Waals surface area contributed by atoms with Crippen LogP contribution in [0.3, 0.4) is 0 Å². The zero-order chi connectivity index (χ0) is 14.1. The van der Waals surface area contributed by atoms with Crippen molar-refractivity contribution in [2.75, 3.05) is 13.7 Å². The Kier molecular flexibility index (Phi) is 27.3. The molecule has 114 valence electrons. The second-order valence-electron chi connectivity index (χ2n) is 4.04. The van der Waals surface area contributed by atoms with Crippen LogP contribution >= 0.6 is 0 Å². The number of methoxy groups -OCH3 is 1. The van der Waals surface area contributed by atoms with Gasteiger partial charge in [-0.2, -0.15) is 0 Å². The van der Waals surface area contributed by atoms with Crippen molar-refractivity contribution in [3.8, 4) is 0 Å². The SMILES string of the molecule is C.CCC(C)OC.CCCCCO.c1ccccc1. The Labute approximate surface area is 120 Å². The van der Waals surface area contributed by atoms with Gasteiger partial charge >= 0.3 is 0 Å². The van der Waals surface area contributed by atoms with Crippen molar-refractivity contribution in [3.05, 3.63) is 36.4 Å². The lowest BCUT2D eigenvalue weighted by atomic mass is 10.3. The summed E-state index contributed by atoms with van der Waals surface area (Å²) in [6.07, 6.45) is 4.87. The monoisotopic (exact) mass is 270 g/mol. The fourth-order valence-corrected chi connectivity index (χ4v) is 0.913. The molecule has 0 aliphatic carbocycles. The number of hydrogen-bond acceptors (Lipinski definition) is 2. The Balaban J connectivity index is -0.000000197. The summed E-state index contributed by atoms with van der Waals surface area (Å²) < 4.78 is 4.90. The fraction of sp³-hybridized carbons (Fsp3) is 0.647.